The van der Waals surface area contributed by atoms with Crippen LogP contribution in [0.5, 0.6) is 5.88 Å². The van der Waals surface area contributed by atoms with Gasteiger partial charge < -0.3 is 14.0 Å². The van der Waals surface area contributed by atoms with Crippen molar-refractivity contribution in [3.63, 3.8) is 0 Å². The molecular weight excluding hydrogens is 310 g/mol. The second-order valence-corrected chi connectivity index (χ2v) is 4.92. The van der Waals surface area contributed by atoms with Crippen LogP contribution in [-0.2, 0) is 11.2 Å². The van der Waals surface area contributed by atoms with Crippen LogP contribution in [0.25, 0.3) is 11.3 Å². The van der Waals surface area contributed by atoms with Crippen LogP contribution >= 0.6 is 15.9 Å². The van der Waals surface area contributed by atoms with Gasteiger partial charge in [0.1, 0.15) is 0 Å². The van der Waals surface area contributed by atoms with Crippen molar-refractivity contribution < 1.29 is 14.0 Å². The molecule has 0 aliphatic heterocycles. The van der Waals surface area contributed by atoms with Crippen molar-refractivity contribution >= 4 is 15.9 Å². The van der Waals surface area contributed by atoms with E-state index in [0.717, 1.165) is 28.6 Å². The summed E-state index contributed by atoms with van der Waals surface area (Å²) in [7, 11) is 1.57. The van der Waals surface area contributed by atoms with E-state index in [2.05, 4.69) is 33.2 Å². The molecule has 0 spiro atoms. The number of rotatable bonds is 6. The highest BCUT2D eigenvalue weighted by Gasteiger charge is 2.14. The summed E-state index contributed by atoms with van der Waals surface area (Å²) in [5, 5.41) is 4.86. The number of ether oxygens (including phenoxy) is 2. The lowest BCUT2D eigenvalue weighted by Gasteiger charge is -2.02. The summed E-state index contributed by atoms with van der Waals surface area (Å²) < 4.78 is 15.5. The van der Waals surface area contributed by atoms with Gasteiger partial charge in [0.25, 0.3) is 5.88 Å². The summed E-state index contributed by atoms with van der Waals surface area (Å²) >= 11 is 3.43. The Bertz CT molecular complexity index is 522. The zero-order chi connectivity index (χ0) is 13.7. The molecule has 0 saturated heterocycles. The van der Waals surface area contributed by atoms with Gasteiger partial charge in [0.2, 0.25) is 0 Å². The Morgan fingerprint density at radius 3 is 2.63 bits per heavy atom. The molecule has 1 heterocycles. The predicted octanol–water partition coefficient (Wildman–Crippen LogP) is 3.57. The Kier molecular flexibility index (Phi) is 4.99. The van der Waals surface area contributed by atoms with Gasteiger partial charge in [-0.3, -0.25) is 0 Å². The van der Waals surface area contributed by atoms with Gasteiger partial charge in [-0.05, 0) is 24.1 Å². The summed E-state index contributed by atoms with van der Waals surface area (Å²) in [6, 6.07) is 8.25. The van der Waals surface area contributed by atoms with Crippen molar-refractivity contribution in [1.29, 1.82) is 0 Å². The lowest BCUT2D eigenvalue weighted by Crippen LogP contribution is -1.99. The lowest BCUT2D eigenvalue weighted by molar-refractivity contribution is 0.0449. The number of nitrogens with zero attached hydrogens (tertiary/aromatic N) is 1. The Morgan fingerprint density at radius 2 is 2.00 bits per heavy atom. The third-order valence-corrected chi connectivity index (χ3v) is 3.19. The Hall–Kier alpha value is -1.33. The van der Waals surface area contributed by atoms with Crippen LogP contribution in [0.3, 0.4) is 0 Å². The second kappa shape index (κ2) is 6.73. The fraction of sp³-hybridized carbons (Fsp3) is 0.357. The van der Waals surface area contributed by atoms with E-state index in [4.69, 9.17) is 14.0 Å². The molecule has 2 rings (SSSR count). The van der Waals surface area contributed by atoms with E-state index in [1.165, 1.54) is 5.56 Å². The van der Waals surface area contributed by atoms with Crippen molar-refractivity contribution in [1.82, 2.24) is 5.16 Å². The molecule has 19 heavy (non-hydrogen) atoms. The molecule has 1 aromatic carbocycles. The predicted molar refractivity (Wildman–Crippen MR) is 76.7 cm³/mol. The minimum atomic E-state index is 0.164. The van der Waals surface area contributed by atoms with Gasteiger partial charge in [-0.2, -0.15) is 0 Å². The summed E-state index contributed by atoms with van der Waals surface area (Å²) in [4.78, 5) is 0. The van der Waals surface area contributed by atoms with Gasteiger partial charge in [0.15, 0.2) is 12.6 Å². The van der Waals surface area contributed by atoms with Crippen molar-refractivity contribution in [3.8, 4) is 17.2 Å². The minimum absolute atomic E-state index is 0.164. The molecule has 0 unspecified atom stereocenters. The largest absolute Gasteiger partial charge is 0.448 e. The number of halogens is 1. The van der Waals surface area contributed by atoms with Gasteiger partial charge >= 0.3 is 0 Å². The van der Waals surface area contributed by atoms with Gasteiger partial charge in [-0.15, -0.1) is 0 Å². The van der Waals surface area contributed by atoms with Crippen molar-refractivity contribution in [3.05, 3.63) is 35.4 Å². The van der Waals surface area contributed by atoms with Crippen LogP contribution < -0.4 is 4.74 Å². The van der Waals surface area contributed by atoms with E-state index in [0.29, 0.717) is 5.88 Å². The van der Waals surface area contributed by atoms with E-state index in [-0.39, 0.29) is 6.79 Å². The van der Waals surface area contributed by atoms with Crippen LogP contribution in [-0.4, -0.2) is 24.4 Å². The number of hydrogen-bond donors (Lipinski definition) is 0. The maximum Gasteiger partial charge on any atom is 0.259 e. The van der Waals surface area contributed by atoms with Gasteiger partial charge in [-0.25, -0.2) is 0 Å². The molecule has 1 aromatic heterocycles. The molecule has 0 aliphatic rings. The topological polar surface area (TPSA) is 44.5 Å². The van der Waals surface area contributed by atoms with Crippen molar-refractivity contribution in [2.24, 2.45) is 0 Å². The second-order valence-electron chi connectivity index (χ2n) is 4.13. The molecule has 0 radical (unpaired) electrons. The Morgan fingerprint density at radius 1 is 1.26 bits per heavy atom. The smallest absolute Gasteiger partial charge is 0.259 e. The lowest BCUT2D eigenvalue weighted by atomic mass is 10.1. The first-order valence-corrected chi connectivity index (χ1v) is 7.11. The maximum atomic E-state index is 5.34. The van der Waals surface area contributed by atoms with E-state index in [9.17, 15) is 0 Å². The molecule has 5 heteroatoms. The molecule has 0 amide bonds. The molecule has 0 saturated carbocycles. The number of benzene rings is 1. The molecular formula is C14H16BrNO3. The molecule has 0 aliphatic carbocycles. The average Bonchev–Trinajstić information content (AvgIpc) is 2.79. The fourth-order valence-electron chi connectivity index (χ4n) is 1.77. The van der Waals surface area contributed by atoms with Gasteiger partial charge in [0.05, 0.1) is 5.56 Å². The van der Waals surface area contributed by atoms with Crippen molar-refractivity contribution in [2.45, 2.75) is 13.3 Å². The maximum absolute atomic E-state index is 5.34. The standard InChI is InChI=1S/C14H16BrNO3/c1-10-13(19-16-14(10)18-9-17-2)12-5-3-11(4-6-12)7-8-15/h3-6H,7-9H2,1-2H3. The zero-order valence-electron chi connectivity index (χ0n) is 11.0. The normalized spacial score (nSPS) is 10.7. The number of methoxy groups -OCH3 is 1. The first-order chi connectivity index (χ1) is 9.26. The molecule has 2 aromatic rings. The molecule has 0 N–H and O–H groups in total. The van der Waals surface area contributed by atoms with E-state index >= 15 is 0 Å². The van der Waals surface area contributed by atoms with Crippen LogP contribution in [0.15, 0.2) is 28.8 Å². The summed E-state index contributed by atoms with van der Waals surface area (Å²) in [6.45, 7) is 2.08. The third kappa shape index (κ3) is 3.36. The van der Waals surface area contributed by atoms with Crippen LogP contribution in [0.2, 0.25) is 0 Å². The SMILES string of the molecule is COCOc1noc(-c2ccc(CCBr)cc2)c1C. The Balaban J connectivity index is 2.19. The van der Waals surface area contributed by atoms with E-state index in [1.54, 1.807) is 7.11 Å². The van der Waals surface area contributed by atoms with Crippen LogP contribution in [0.4, 0.5) is 0 Å². The third-order valence-electron chi connectivity index (χ3n) is 2.79. The summed E-state index contributed by atoms with van der Waals surface area (Å²) in [5.41, 5.74) is 3.16. The summed E-state index contributed by atoms with van der Waals surface area (Å²) in [6.07, 6.45) is 1.01. The quantitative estimate of drug-likeness (QED) is 0.601. The number of aryl methyl sites for hydroxylation is 1. The number of alkyl halides is 1. The first kappa shape index (κ1) is 14.1. The molecule has 0 atom stereocenters. The zero-order valence-corrected chi connectivity index (χ0v) is 12.6. The average molecular weight is 326 g/mol. The molecule has 102 valence electrons. The minimum Gasteiger partial charge on any atom is -0.448 e. The molecule has 0 fully saturated rings. The fourth-order valence-corrected chi connectivity index (χ4v) is 2.23. The summed E-state index contributed by atoms with van der Waals surface area (Å²) in [5.74, 6) is 1.21. The molecule has 4 nitrogen and oxygen atoms in total. The Labute approximate surface area is 120 Å². The highest BCUT2D eigenvalue weighted by molar-refractivity contribution is 9.09. The number of hydrogen-bond acceptors (Lipinski definition) is 4. The van der Waals surface area contributed by atoms with Crippen molar-refractivity contribution in [2.75, 3.05) is 19.2 Å². The van der Waals surface area contributed by atoms with Gasteiger partial charge in [0, 0.05) is 18.0 Å². The monoisotopic (exact) mass is 325 g/mol. The van der Waals surface area contributed by atoms with Crippen LogP contribution in [0, 0.1) is 6.92 Å². The first-order valence-electron chi connectivity index (χ1n) is 5.99. The van der Waals surface area contributed by atoms with E-state index < -0.39 is 0 Å². The highest BCUT2D eigenvalue weighted by Crippen LogP contribution is 2.29. The highest BCUT2D eigenvalue weighted by atomic mass is 79.9. The van der Waals surface area contributed by atoms with Crippen LogP contribution in [0.1, 0.15) is 11.1 Å². The number of aromatic nitrogens is 1. The van der Waals surface area contributed by atoms with Gasteiger partial charge in [-0.1, -0.05) is 40.2 Å². The van der Waals surface area contributed by atoms with E-state index in [1.807, 2.05) is 19.1 Å². The molecule has 0 bridgehead atoms.